The van der Waals surface area contributed by atoms with Crippen molar-refractivity contribution in [1.82, 2.24) is 19.7 Å². The number of aromatic nitrogens is 3. The third-order valence-electron chi connectivity index (χ3n) is 14.6. The monoisotopic (exact) mass is 829 g/mol. The van der Waals surface area contributed by atoms with Gasteiger partial charge in [0.25, 0.3) is 0 Å². The molecule has 3 atom stereocenters. The molecule has 2 aliphatic carbocycles. The first-order chi connectivity index (χ1) is 29.5. The maximum Gasteiger partial charge on any atom is 0.162 e. The second-order valence-corrected chi connectivity index (χ2v) is 20.0. The molecule has 2 aromatic heterocycles. The van der Waals surface area contributed by atoms with Crippen LogP contribution in [-0.4, -0.2) is 87.0 Å². The number of β-amino-alcohol motifs (C(OH)–C–C–N with tert-alkyl or cyclic N) is 1. The van der Waals surface area contributed by atoms with Gasteiger partial charge in [0.2, 0.25) is 0 Å². The van der Waals surface area contributed by atoms with Gasteiger partial charge in [-0.1, -0.05) is 60.7 Å². The summed E-state index contributed by atoms with van der Waals surface area (Å²) in [5.74, 6) is 2.79. The highest BCUT2D eigenvalue weighted by molar-refractivity contribution is 7.15. The number of rotatable bonds is 7. The number of phenols is 1. The number of aliphatic hydroxyl groups is 1. The largest absolute Gasteiger partial charge is 0.508 e. The summed E-state index contributed by atoms with van der Waals surface area (Å²) in [4.78, 5) is 14.0. The van der Waals surface area contributed by atoms with Crippen LogP contribution in [0.25, 0.3) is 5.00 Å². The molecule has 1 saturated carbocycles. The molecule has 6 aromatic rings. The molecule has 0 radical (unpaired) electrons. The number of nitrogens with zero attached hydrogens (tertiary/aromatic N) is 7. The lowest BCUT2D eigenvalue weighted by Gasteiger charge is -2.63. The summed E-state index contributed by atoms with van der Waals surface area (Å²) < 4.78 is 2.20. The Morgan fingerprint density at radius 2 is 1.49 bits per heavy atom. The predicted molar refractivity (Wildman–Crippen MR) is 245 cm³/mol. The van der Waals surface area contributed by atoms with Gasteiger partial charge in [-0.3, -0.25) is 14.5 Å². The fourth-order valence-electron chi connectivity index (χ4n) is 11.7. The minimum absolute atomic E-state index is 0.0950. The molecular formula is C51H55N7O2S. The molecule has 4 aromatic carbocycles. The standard InChI is InChI=1S/C51H55N7O2S/c1-32-34(3)61-49-45(32)47(52-33(2)48-54-53-35(4)58(48)49)38-12-17-41(18-13-38)57-29-50(30-57)27-51(60,28-50)31-55-22-24-56(25-23-55)40-15-10-37(11-16-40)46-43(36-8-6-5-7-9-36)20-14-39-26-42(59)19-21-44(39)46/h5-13,15-19,21,26,33,43,46,59-60H,14,20,22-25,27-31H2,1-4H3/t33-,43?,46?/m0/s1. The average molecular weight is 830 g/mol. The first-order valence-electron chi connectivity index (χ1n) is 22.2. The molecule has 0 amide bonds. The fraction of sp³-hybridized carbons (Fsp3) is 0.392. The van der Waals surface area contributed by atoms with Gasteiger partial charge in [-0.15, -0.1) is 21.5 Å². The number of phenolic OH excluding ortho intramolecular Hbond substituents is 1. The molecular weight excluding hydrogens is 775 g/mol. The van der Waals surface area contributed by atoms with Crippen LogP contribution in [0.2, 0.25) is 0 Å². The van der Waals surface area contributed by atoms with Crippen LogP contribution in [-0.2, 0) is 6.42 Å². The van der Waals surface area contributed by atoms with Gasteiger partial charge < -0.3 is 20.0 Å². The van der Waals surface area contributed by atoms with Crippen LogP contribution in [0.15, 0.2) is 102 Å². The topological polar surface area (TPSA) is 93.2 Å². The molecule has 9 nitrogen and oxygen atoms in total. The first kappa shape index (κ1) is 38.6. The molecule has 61 heavy (non-hydrogen) atoms. The highest BCUT2D eigenvalue weighted by Gasteiger charge is 2.59. The minimum atomic E-state index is -0.605. The smallest absolute Gasteiger partial charge is 0.162 e. The summed E-state index contributed by atoms with van der Waals surface area (Å²) in [7, 11) is 0. The van der Waals surface area contributed by atoms with Crippen molar-refractivity contribution in [1.29, 1.82) is 0 Å². The van der Waals surface area contributed by atoms with Gasteiger partial charge in [0.05, 0.1) is 11.3 Å². The van der Waals surface area contributed by atoms with E-state index in [0.29, 0.717) is 11.7 Å². The lowest BCUT2D eigenvalue weighted by atomic mass is 9.55. The molecule has 2 unspecified atom stereocenters. The number of aromatic hydroxyl groups is 1. The van der Waals surface area contributed by atoms with E-state index < -0.39 is 5.60 Å². The number of anilines is 2. The Balaban J connectivity index is 0.697. The molecule has 312 valence electrons. The zero-order valence-electron chi connectivity index (χ0n) is 35.7. The van der Waals surface area contributed by atoms with E-state index in [-0.39, 0.29) is 17.4 Å². The van der Waals surface area contributed by atoms with Crippen molar-refractivity contribution in [3.63, 3.8) is 0 Å². The van der Waals surface area contributed by atoms with Crippen LogP contribution in [0.4, 0.5) is 11.4 Å². The highest BCUT2D eigenvalue weighted by Crippen LogP contribution is 2.55. The minimum Gasteiger partial charge on any atom is -0.508 e. The number of aliphatic imine (C=N–C) groups is 1. The van der Waals surface area contributed by atoms with Gasteiger partial charge in [-0.25, -0.2) is 0 Å². The third-order valence-corrected chi connectivity index (χ3v) is 15.8. The second-order valence-electron chi connectivity index (χ2n) is 18.8. The van der Waals surface area contributed by atoms with Gasteiger partial charge >= 0.3 is 0 Å². The normalized spacial score (nSPS) is 22.7. The fourth-order valence-corrected chi connectivity index (χ4v) is 12.9. The van der Waals surface area contributed by atoms with Crippen LogP contribution in [0.1, 0.15) is 99.5 Å². The van der Waals surface area contributed by atoms with Crippen molar-refractivity contribution >= 4 is 28.4 Å². The maximum atomic E-state index is 11.7. The van der Waals surface area contributed by atoms with Crippen molar-refractivity contribution < 1.29 is 10.2 Å². The van der Waals surface area contributed by atoms with Gasteiger partial charge in [-0.05, 0) is 124 Å². The second kappa shape index (κ2) is 14.7. The zero-order chi connectivity index (χ0) is 41.6. The molecule has 1 spiro atoms. The van der Waals surface area contributed by atoms with Crippen LogP contribution in [0.5, 0.6) is 5.75 Å². The zero-order valence-corrected chi connectivity index (χ0v) is 36.5. The van der Waals surface area contributed by atoms with Gasteiger partial charge in [0, 0.05) is 84.5 Å². The van der Waals surface area contributed by atoms with Crippen molar-refractivity contribution in [2.45, 2.75) is 76.9 Å². The van der Waals surface area contributed by atoms with Crippen molar-refractivity contribution in [3.05, 3.63) is 153 Å². The summed E-state index contributed by atoms with van der Waals surface area (Å²) in [5.41, 5.74) is 12.1. The SMILES string of the molecule is Cc1sc2c(c1C)C(c1ccc(N3CC4(C3)CC(O)(CN3CCN(c5ccc(C6c7ccc(O)cc7CCC6c6ccccc6)cc5)CC3)C4)cc1)=N[C@@H](C)c1nnc(C)n1-2. The molecule has 11 rings (SSSR count). The Bertz CT molecular complexity index is 2630. The lowest BCUT2D eigenvalue weighted by molar-refractivity contribution is -0.152. The molecule has 10 heteroatoms. The van der Waals surface area contributed by atoms with Crippen LogP contribution in [0.3, 0.4) is 0 Å². The van der Waals surface area contributed by atoms with Crippen molar-refractivity contribution in [3.8, 4) is 10.8 Å². The number of benzene rings is 4. The van der Waals surface area contributed by atoms with Crippen LogP contribution >= 0.6 is 11.3 Å². The summed E-state index contributed by atoms with van der Waals surface area (Å²) >= 11 is 1.80. The average Bonchev–Trinajstić information content (AvgIpc) is 3.74. The van der Waals surface area contributed by atoms with Gasteiger partial charge in [-0.2, -0.15) is 0 Å². The Hall–Kier alpha value is -5.29. The van der Waals surface area contributed by atoms with Crippen molar-refractivity contribution in [2.24, 2.45) is 10.4 Å². The summed E-state index contributed by atoms with van der Waals surface area (Å²) in [6.45, 7) is 15.1. The maximum absolute atomic E-state index is 11.7. The Morgan fingerprint density at radius 3 is 2.23 bits per heavy atom. The van der Waals surface area contributed by atoms with E-state index in [0.717, 1.165) is 99.4 Å². The quantitative estimate of drug-likeness (QED) is 0.166. The lowest BCUT2D eigenvalue weighted by Crippen LogP contribution is -2.70. The van der Waals surface area contributed by atoms with Gasteiger partial charge in [0.15, 0.2) is 5.82 Å². The number of aryl methyl sites for hydroxylation is 3. The molecule has 5 heterocycles. The number of piperazine rings is 1. The molecule has 3 aliphatic heterocycles. The van der Waals surface area contributed by atoms with Crippen molar-refractivity contribution in [2.75, 3.05) is 55.6 Å². The van der Waals surface area contributed by atoms with E-state index in [2.05, 4.69) is 135 Å². The Morgan fingerprint density at radius 1 is 0.787 bits per heavy atom. The van der Waals surface area contributed by atoms with Gasteiger partial charge in [0.1, 0.15) is 22.6 Å². The first-order valence-corrected chi connectivity index (χ1v) is 23.0. The summed E-state index contributed by atoms with van der Waals surface area (Å²) in [6.07, 6.45) is 3.80. The molecule has 5 aliphatic rings. The van der Waals surface area contributed by atoms with Crippen LogP contribution < -0.4 is 9.80 Å². The number of fused-ring (bicyclic) bond motifs is 4. The molecule has 2 saturated heterocycles. The van der Waals surface area contributed by atoms with E-state index in [1.54, 1.807) is 11.3 Å². The molecule has 0 bridgehead atoms. The number of hydrogen-bond acceptors (Lipinski definition) is 9. The molecule has 2 N–H and O–H groups in total. The van der Waals surface area contributed by atoms with Crippen LogP contribution in [0, 0.1) is 26.2 Å². The van der Waals surface area contributed by atoms with E-state index in [1.165, 1.54) is 49.6 Å². The number of thiophene rings is 1. The van der Waals surface area contributed by atoms with E-state index in [4.69, 9.17) is 4.99 Å². The predicted octanol–water partition coefficient (Wildman–Crippen LogP) is 8.89. The molecule has 3 fully saturated rings. The Labute approximate surface area is 363 Å². The van der Waals surface area contributed by atoms with E-state index in [9.17, 15) is 10.2 Å². The Kier molecular flexibility index (Phi) is 9.29. The summed E-state index contributed by atoms with van der Waals surface area (Å²) in [5, 5.41) is 32.1. The number of hydrogen-bond donors (Lipinski definition) is 2. The van der Waals surface area contributed by atoms with E-state index >= 15 is 0 Å². The highest BCUT2D eigenvalue weighted by atomic mass is 32.1. The third kappa shape index (κ3) is 6.69. The van der Waals surface area contributed by atoms with E-state index in [1.807, 2.05) is 19.1 Å². The summed E-state index contributed by atoms with van der Waals surface area (Å²) in [6, 6.07) is 35.0.